The number of nitrogens with zero attached hydrogens (tertiary/aromatic N) is 6. The minimum atomic E-state index is 0.362. The van der Waals surface area contributed by atoms with E-state index in [1.165, 1.54) is 12.8 Å². The zero-order valence-electron chi connectivity index (χ0n) is 19.0. The summed E-state index contributed by atoms with van der Waals surface area (Å²) in [6.07, 6.45) is 8.39. The number of hydrogen-bond donors (Lipinski definition) is 2. The lowest BCUT2D eigenvalue weighted by atomic mass is 9.90. The molecule has 0 unspecified atom stereocenters. The summed E-state index contributed by atoms with van der Waals surface area (Å²) in [6.45, 7) is 8.20. The number of aromatic nitrogens is 5. The van der Waals surface area contributed by atoms with E-state index in [4.69, 9.17) is 19.7 Å². The molecule has 2 aliphatic rings. The molecular weight excluding hydrogens is 424 g/mol. The van der Waals surface area contributed by atoms with Crippen LogP contribution in [0.1, 0.15) is 50.5 Å². The maximum atomic E-state index is 5.52. The summed E-state index contributed by atoms with van der Waals surface area (Å²) in [5, 5.41) is 12.3. The second kappa shape index (κ2) is 9.29. The van der Waals surface area contributed by atoms with E-state index in [1.54, 1.807) is 22.2 Å². The Labute approximate surface area is 192 Å². The number of rotatable bonds is 6. The number of morpholine rings is 1. The van der Waals surface area contributed by atoms with Crippen LogP contribution in [0.4, 0.5) is 17.5 Å². The maximum Gasteiger partial charge on any atom is 0.230 e. The second-order valence-corrected chi connectivity index (χ2v) is 10.1. The highest BCUT2D eigenvalue weighted by Gasteiger charge is 2.28. The van der Waals surface area contributed by atoms with Gasteiger partial charge in [-0.15, -0.1) is 0 Å². The highest BCUT2D eigenvalue weighted by molar-refractivity contribution is 7.18. The highest BCUT2D eigenvalue weighted by Crippen LogP contribution is 2.33. The first-order chi connectivity index (χ1) is 15.5. The summed E-state index contributed by atoms with van der Waals surface area (Å²) in [6, 6.07) is 1.08. The Morgan fingerprint density at radius 1 is 1.09 bits per heavy atom. The number of hydrogen-bond acceptors (Lipinski definition) is 9. The van der Waals surface area contributed by atoms with E-state index in [0.29, 0.717) is 23.9 Å². The van der Waals surface area contributed by atoms with Crippen LogP contribution >= 0.6 is 11.3 Å². The first-order valence-corrected chi connectivity index (χ1v) is 12.4. The number of thiazole rings is 1. The molecule has 9 nitrogen and oxygen atoms in total. The van der Waals surface area contributed by atoms with Crippen LogP contribution in [-0.2, 0) is 11.8 Å². The van der Waals surface area contributed by atoms with E-state index in [2.05, 4.69) is 34.5 Å². The van der Waals surface area contributed by atoms with Crippen molar-refractivity contribution in [1.29, 1.82) is 0 Å². The number of anilines is 3. The SMILES string of the molecule is CC(C)c1nc2c(NC3CCC(N4CCOCC4)CC3)nc(Nc3cnn(C)c3)nc2s1. The predicted octanol–water partition coefficient (Wildman–Crippen LogP) is 3.74. The molecule has 1 aliphatic heterocycles. The van der Waals surface area contributed by atoms with Gasteiger partial charge in [0.1, 0.15) is 5.52 Å². The molecule has 0 atom stereocenters. The average Bonchev–Trinajstić information content (AvgIpc) is 3.41. The largest absolute Gasteiger partial charge is 0.379 e. The molecule has 0 spiro atoms. The van der Waals surface area contributed by atoms with E-state index in [0.717, 1.165) is 66.0 Å². The van der Waals surface area contributed by atoms with Gasteiger partial charge in [0.05, 0.1) is 30.1 Å². The number of nitrogens with one attached hydrogen (secondary N) is 2. The fourth-order valence-corrected chi connectivity index (χ4v) is 5.52. The molecule has 0 aromatic carbocycles. The fraction of sp³-hybridized carbons (Fsp3) is 0.636. The molecule has 4 heterocycles. The third kappa shape index (κ3) is 4.72. The van der Waals surface area contributed by atoms with Gasteiger partial charge in [-0.25, -0.2) is 4.98 Å². The molecule has 2 fully saturated rings. The van der Waals surface area contributed by atoms with Crippen molar-refractivity contribution in [2.45, 2.75) is 57.5 Å². The van der Waals surface area contributed by atoms with Crippen molar-refractivity contribution in [1.82, 2.24) is 29.6 Å². The van der Waals surface area contributed by atoms with E-state index in [-0.39, 0.29) is 0 Å². The van der Waals surface area contributed by atoms with Crippen LogP contribution < -0.4 is 10.6 Å². The molecule has 3 aromatic heterocycles. The average molecular weight is 457 g/mol. The summed E-state index contributed by atoms with van der Waals surface area (Å²) in [7, 11) is 1.90. The monoisotopic (exact) mass is 456 g/mol. The lowest BCUT2D eigenvalue weighted by Crippen LogP contribution is -2.46. The van der Waals surface area contributed by atoms with E-state index < -0.39 is 0 Å². The van der Waals surface area contributed by atoms with Crippen molar-refractivity contribution < 1.29 is 4.74 Å². The molecule has 5 rings (SSSR count). The number of fused-ring (bicyclic) bond motifs is 1. The van der Waals surface area contributed by atoms with Crippen molar-refractivity contribution in [2.24, 2.45) is 7.05 Å². The van der Waals surface area contributed by atoms with Crippen LogP contribution in [0.15, 0.2) is 12.4 Å². The van der Waals surface area contributed by atoms with Crippen LogP contribution in [-0.4, -0.2) is 68.0 Å². The van der Waals surface area contributed by atoms with Gasteiger partial charge in [0, 0.05) is 44.3 Å². The number of ether oxygens (including phenoxy) is 1. The molecule has 0 bridgehead atoms. The minimum Gasteiger partial charge on any atom is -0.379 e. The van der Waals surface area contributed by atoms with E-state index in [1.807, 2.05) is 13.2 Å². The summed E-state index contributed by atoms with van der Waals surface area (Å²) >= 11 is 1.65. The predicted molar refractivity (Wildman–Crippen MR) is 128 cm³/mol. The molecule has 1 saturated carbocycles. The van der Waals surface area contributed by atoms with Gasteiger partial charge in [0.15, 0.2) is 10.6 Å². The minimum absolute atomic E-state index is 0.362. The standard InChI is InChI=1S/C22H32N8OS/c1-14(2)20-26-18-19(24-15-4-6-17(7-5-15)30-8-10-31-11-9-30)27-22(28-21(18)32-20)25-16-12-23-29(3)13-16/h12-15,17H,4-11H2,1-3H3,(H2,24,25,27,28). The molecule has 1 aliphatic carbocycles. The van der Waals surface area contributed by atoms with E-state index in [9.17, 15) is 0 Å². The van der Waals surface area contributed by atoms with Crippen molar-refractivity contribution in [3.05, 3.63) is 17.4 Å². The van der Waals surface area contributed by atoms with Crippen LogP contribution in [0.3, 0.4) is 0 Å². The van der Waals surface area contributed by atoms with Crippen LogP contribution in [0.2, 0.25) is 0 Å². The molecule has 3 aromatic rings. The number of aryl methyl sites for hydroxylation is 1. The third-order valence-corrected chi connectivity index (χ3v) is 7.58. The Kier molecular flexibility index (Phi) is 6.25. The van der Waals surface area contributed by atoms with Gasteiger partial charge < -0.3 is 15.4 Å². The zero-order valence-corrected chi connectivity index (χ0v) is 19.9. The van der Waals surface area contributed by atoms with Crippen LogP contribution in [0.25, 0.3) is 10.3 Å². The van der Waals surface area contributed by atoms with Crippen molar-refractivity contribution in [2.75, 3.05) is 36.9 Å². The Hall–Kier alpha value is -2.30. The van der Waals surface area contributed by atoms with Crippen LogP contribution in [0.5, 0.6) is 0 Å². The summed E-state index contributed by atoms with van der Waals surface area (Å²) < 4.78 is 7.28. The van der Waals surface area contributed by atoms with Gasteiger partial charge in [0.25, 0.3) is 0 Å². The third-order valence-electron chi connectivity index (χ3n) is 6.33. The Morgan fingerprint density at radius 2 is 1.88 bits per heavy atom. The van der Waals surface area contributed by atoms with E-state index >= 15 is 0 Å². The second-order valence-electron chi connectivity index (χ2n) is 9.08. The lowest BCUT2D eigenvalue weighted by molar-refractivity contribution is 0.00791. The molecule has 2 N–H and O–H groups in total. The summed E-state index contributed by atoms with van der Waals surface area (Å²) in [4.78, 5) is 18.0. The van der Waals surface area contributed by atoms with Crippen molar-refractivity contribution in [3.8, 4) is 0 Å². The van der Waals surface area contributed by atoms with Gasteiger partial charge in [0.2, 0.25) is 5.95 Å². The lowest BCUT2D eigenvalue weighted by Gasteiger charge is -2.39. The molecule has 32 heavy (non-hydrogen) atoms. The first kappa shape index (κ1) is 21.5. The fourth-order valence-electron chi connectivity index (χ4n) is 4.58. The molecule has 172 valence electrons. The van der Waals surface area contributed by atoms with Gasteiger partial charge in [-0.3, -0.25) is 9.58 Å². The van der Waals surface area contributed by atoms with Crippen molar-refractivity contribution in [3.63, 3.8) is 0 Å². The Balaban J connectivity index is 1.34. The van der Waals surface area contributed by atoms with Crippen molar-refractivity contribution >= 4 is 39.1 Å². The quantitative estimate of drug-likeness (QED) is 0.579. The zero-order chi connectivity index (χ0) is 22.1. The van der Waals surface area contributed by atoms with Gasteiger partial charge >= 0.3 is 0 Å². The van der Waals surface area contributed by atoms with Gasteiger partial charge in [-0.05, 0) is 25.7 Å². The Bertz CT molecular complexity index is 1050. The highest BCUT2D eigenvalue weighted by atomic mass is 32.1. The normalized spacial score (nSPS) is 22.5. The van der Waals surface area contributed by atoms with Gasteiger partial charge in [-0.1, -0.05) is 25.2 Å². The van der Waals surface area contributed by atoms with Crippen LogP contribution in [0, 0.1) is 0 Å². The summed E-state index contributed by atoms with van der Waals surface area (Å²) in [5.74, 6) is 1.77. The maximum absolute atomic E-state index is 5.52. The topological polar surface area (TPSA) is 93.0 Å². The Morgan fingerprint density at radius 3 is 2.56 bits per heavy atom. The first-order valence-electron chi connectivity index (χ1n) is 11.6. The summed E-state index contributed by atoms with van der Waals surface area (Å²) in [5.41, 5.74) is 1.75. The smallest absolute Gasteiger partial charge is 0.230 e. The molecule has 10 heteroatoms. The van der Waals surface area contributed by atoms with Gasteiger partial charge in [-0.2, -0.15) is 15.1 Å². The molecule has 0 amide bonds. The molecular formula is C22H32N8OS. The molecule has 1 saturated heterocycles. The molecule has 0 radical (unpaired) electrons.